The van der Waals surface area contributed by atoms with Crippen LogP contribution in [0.4, 0.5) is 0 Å². The third-order valence-corrected chi connectivity index (χ3v) is 9.43. The Bertz CT molecular complexity index is 1030. The van der Waals surface area contributed by atoms with Crippen molar-refractivity contribution in [1.29, 1.82) is 0 Å². The second-order valence-electron chi connectivity index (χ2n) is 13.7. The smallest absolute Gasteiger partial charge is 0.462 e. The lowest BCUT2D eigenvalue weighted by Gasteiger charge is -2.20. The summed E-state index contributed by atoms with van der Waals surface area (Å²) in [5.41, 5.74) is 0. The molecule has 0 aliphatic carbocycles. The number of hydrogen-bond acceptors (Lipinski definition) is 9. The zero-order valence-electron chi connectivity index (χ0n) is 33.2. The summed E-state index contributed by atoms with van der Waals surface area (Å²) in [6.45, 7) is 2.28. The molecule has 0 saturated heterocycles. The molecule has 0 radical (unpaired) electrons. The van der Waals surface area contributed by atoms with Gasteiger partial charge in [-0.2, -0.15) is 0 Å². The van der Waals surface area contributed by atoms with Crippen molar-refractivity contribution in [2.45, 2.75) is 180 Å². The summed E-state index contributed by atoms with van der Waals surface area (Å²) in [5, 5.41) is 18.3. The highest BCUT2D eigenvalue weighted by Crippen LogP contribution is 2.43. The monoisotopic (exact) mass is 771 g/mol. The molecule has 53 heavy (non-hydrogen) atoms. The maximum atomic E-state index is 12.6. The van der Waals surface area contributed by atoms with E-state index in [1.54, 1.807) is 0 Å². The van der Waals surface area contributed by atoms with Crippen LogP contribution in [0, 0.1) is 0 Å². The first-order valence-electron chi connectivity index (χ1n) is 20.6. The van der Waals surface area contributed by atoms with Crippen molar-refractivity contribution in [2.24, 2.45) is 0 Å². The summed E-state index contributed by atoms with van der Waals surface area (Å²) in [6, 6.07) is 0. The first-order chi connectivity index (χ1) is 25.7. The van der Waals surface area contributed by atoms with Crippen LogP contribution in [0.2, 0.25) is 0 Å². The Morgan fingerprint density at radius 1 is 0.585 bits per heavy atom. The van der Waals surface area contributed by atoms with E-state index in [1.165, 1.54) is 64.2 Å². The summed E-state index contributed by atoms with van der Waals surface area (Å²) in [5.74, 6) is -0.983. The van der Waals surface area contributed by atoms with E-state index in [1.807, 2.05) is 0 Å². The third-order valence-electron chi connectivity index (χ3n) is 8.48. The second kappa shape index (κ2) is 38.2. The van der Waals surface area contributed by atoms with Crippen molar-refractivity contribution in [2.75, 3.05) is 26.4 Å². The van der Waals surface area contributed by atoms with Crippen molar-refractivity contribution in [1.82, 2.24) is 0 Å². The zero-order chi connectivity index (χ0) is 39.1. The van der Waals surface area contributed by atoms with Gasteiger partial charge in [-0.3, -0.25) is 18.6 Å². The summed E-state index contributed by atoms with van der Waals surface area (Å²) in [6.07, 6.45) is 39.3. The van der Waals surface area contributed by atoms with Gasteiger partial charge in [0.2, 0.25) is 0 Å². The van der Waals surface area contributed by atoms with Gasteiger partial charge in [-0.1, -0.05) is 133 Å². The molecule has 0 aliphatic rings. The lowest BCUT2D eigenvalue weighted by atomic mass is 10.1. The standard InChI is InChI=1S/C42H75O10P/c1-3-5-7-9-11-13-15-17-19-21-23-25-27-29-31-33-41(45)49-37-40(38-51-53(47,48)50-36-39(44)35-43)52-42(46)34-32-30-28-26-24-22-20-18-16-14-12-10-8-6-4-2/h14,16-20,23,25,39-40,43-44H,3-13,15,21-22,24,26-38H2,1-2H3,(H,47,48)/b16-14+,19-17+,20-18+,25-23+/t39-,40+/m0/s1. The SMILES string of the molecule is CCCCCC/C=C/C=C/CCCCCCCC(=O)O[C@H](COC(=O)CCCC/C=C/C/C=C/CCCCCCCC)COP(=O)(O)OC[C@@H](O)CO. The lowest BCUT2D eigenvalue weighted by Crippen LogP contribution is -2.29. The number of carbonyl (C=O) groups is 2. The highest BCUT2D eigenvalue weighted by molar-refractivity contribution is 7.47. The van der Waals surface area contributed by atoms with Crippen LogP contribution in [0.3, 0.4) is 0 Å². The number of carbonyl (C=O) groups excluding carboxylic acids is 2. The number of unbranched alkanes of at least 4 members (excludes halogenated alkanes) is 17. The van der Waals surface area contributed by atoms with Crippen LogP contribution in [0.25, 0.3) is 0 Å². The fourth-order valence-electron chi connectivity index (χ4n) is 5.25. The molecule has 0 spiro atoms. The van der Waals surface area contributed by atoms with Crippen molar-refractivity contribution >= 4 is 19.8 Å². The van der Waals surface area contributed by atoms with Crippen molar-refractivity contribution in [3.63, 3.8) is 0 Å². The number of esters is 2. The Morgan fingerprint density at radius 3 is 1.62 bits per heavy atom. The molecule has 0 fully saturated rings. The van der Waals surface area contributed by atoms with Gasteiger partial charge >= 0.3 is 19.8 Å². The maximum absolute atomic E-state index is 12.6. The zero-order valence-corrected chi connectivity index (χ0v) is 34.1. The molecule has 0 heterocycles. The molecule has 0 aromatic carbocycles. The predicted molar refractivity (Wildman–Crippen MR) is 214 cm³/mol. The van der Waals surface area contributed by atoms with E-state index in [2.05, 4.69) is 67.0 Å². The molecule has 0 rings (SSSR count). The largest absolute Gasteiger partial charge is 0.472 e. The molecule has 3 atom stereocenters. The minimum atomic E-state index is -4.63. The number of ether oxygens (including phenoxy) is 2. The highest BCUT2D eigenvalue weighted by Gasteiger charge is 2.27. The van der Waals surface area contributed by atoms with Gasteiger partial charge in [-0.15, -0.1) is 0 Å². The van der Waals surface area contributed by atoms with E-state index in [0.29, 0.717) is 12.8 Å². The van der Waals surface area contributed by atoms with Crippen LogP contribution in [-0.2, 0) is 32.7 Å². The van der Waals surface area contributed by atoms with E-state index in [0.717, 1.165) is 64.2 Å². The van der Waals surface area contributed by atoms with Gasteiger partial charge < -0.3 is 24.6 Å². The molecule has 0 bridgehead atoms. The Balaban J connectivity index is 4.42. The van der Waals surface area contributed by atoms with Crippen LogP contribution in [0.15, 0.2) is 48.6 Å². The Kier molecular flexibility index (Phi) is 36.7. The van der Waals surface area contributed by atoms with Crippen LogP contribution in [-0.4, -0.2) is 65.7 Å². The fraction of sp³-hybridized carbons (Fsp3) is 0.762. The Morgan fingerprint density at radius 2 is 1.04 bits per heavy atom. The summed E-state index contributed by atoms with van der Waals surface area (Å²) >= 11 is 0. The molecule has 1 unspecified atom stereocenters. The molecule has 0 aromatic rings. The molecule has 308 valence electrons. The lowest BCUT2D eigenvalue weighted by molar-refractivity contribution is -0.161. The number of aliphatic hydroxyl groups is 2. The Labute approximate surface area is 322 Å². The molecule has 0 amide bonds. The van der Waals surface area contributed by atoms with E-state index in [9.17, 15) is 24.2 Å². The normalized spacial score (nSPS) is 14.4. The number of rotatable bonds is 38. The van der Waals surface area contributed by atoms with Gasteiger partial charge in [0.25, 0.3) is 0 Å². The van der Waals surface area contributed by atoms with Crippen LogP contribution < -0.4 is 0 Å². The number of hydrogen-bond donors (Lipinski definition) is 3. The summed E-state index contributed by atoms with van der Waals surface area (Å²) in [7, 11) is -4.63. The molecule has 10 nitrogen and oxygen atoms in total. The van der Waals surface area contributed by atoms with Gasteiger partial charge in [0.05, 0.1) is 19.8 Å². The van der Waals surface area contributed by atoms with E-state index in [4.69, 9.17) is 19.1 Å². The van der Waals surface area contributed by atoms with Crippen molar-refractivity contribution in [3.8, 4) is 0 Å². The van der Waals surface area contributed by atoms with E-state index < -0.39 is 51.8 Å². The fourth-order valence-corrected chi connectivity index (χ4v) is 6.04. The van der Waals surface area contributed by atoms with Gasteiger partial charge in [0.1, 0.15) is 12.7 Å². The van der Waals surface area contributed by atoms with E-state index in [-0.39, 0.29) is 19.4 Å². The van der Waals surface area contributed by atoms with Crippen LogP contribution >= 0.6 is 7.82 Å². The predicted octanol–water partition coefficient (Wildman–Crippen LogP) is 10.6. The van der Waals surface area contributed by atoms with Gasteiger partial charge in [-0.25, -0.2) is 4.57 Å². The molecular weight excluding hydrogens is 695 g/mol. The molecule has 3 N–H and O–H groups in total. The minimum Gasteiger partial charge on any atom is -0.462 e. The third kappa shape index (κ3) is 38.0. The van der Waals surface area contributed by atoms with Crippen molar-refractivity contribution < 1.29 is 47.8 Å². The minimum absolute atomic E-state index is 0.159. The maximum Gasteiger partial charge on any atom is 0.472 e. The Hall–Kier alpha value is -2.07. The summed E-state index contributed by atoms with van der Waals surface area (Å²) < 4.78 is 32.6. The molecule has 11 heteroatoms. The average Bonchev–Trinajstić information content (AvgIpc) is 3.14. The van der Waals surface area contributed by atoms with Gasteiger partial charge in [-0.05, 0) is 70.6 Å². The topological polar surface area (TPSA) is 149 Å². The van der Waals surface area contributed by atoms with Crippen molar-refractivity contribution in [3.05, 3.63) is 48.6 Å². The van der Waals surface area contributed by atoms with Crippen LogP contribution in [0.5, 0.6) is 0 Å². The average molecular weight is 771 g/mol. The first-order valence-corrected chi connectivity index (χ1v) is 22.1. The van der Waals surface area contributed by atoms with E-state index >= 15 is 0 Å². The quantitative estimate of drug-likeness (QED) is 0.0182. The van der Waals surface area contributed by atoms with Gasteiger partial charge in [0, 0.05) is 12.8 Å². The highest BCUT2D eigenvalue weighted by atomic mass is 31.2. The molecule has 0 aliphatic heterocycles. The van der Waals surface area contributed by atoms with Gasteiger partial charge in [0.15, 0.2) is 6.10 Å². The van der Waals surface area contributed by atoms with Crippen LogP contribution in [0.1, 0.15) is 168 Å². The second-order valence-corrected chi connectivity index (χ2v) is 15.1. The number of aliphatic hydroxyl groups excluding tert-OH is 2. The molecule has 0 aromatic heterocycles. The number of allylic oxidation sites excluding steroid dienone is 8. The number of phosphoric acid groups is 1. The molecular formula is C42H75O10P. The molecule has 0 saturated carbocycles. The number of phosphoric ester groups is 1. The summed E-state index contributed by atoms with van der Waals surface area (Å²) in [4.78, 5) is 34.9. The first kappa shape index (κ1) is 50.9.